The molecular formula is C16H9ClFNO2. The first-order valence-electron chi connectivity index (χ1n) is 6.17. The number of nitrogens with zero attached hydrogens (tertiary/aromatic N) is 1. The molecule has 3 nitrogen and oxygen atoms in total. The lowest BCUT2D eigenvalue weighted by Crippen LogP contribution is -2.05. The minimum absolute atomic E-state index is 0.0147. The van der Waals surface area contributed by atoms with Crippen LogP contribution in [0.15, 0.2) is 59.2 Å². The van der Waals surface area contributed by atoms with Gasteiger partial charge in [-0.15, -0.1) is 0 Å². The van der Waals surface area contributed by atoms with Crippen LogP contribution in [0.1, 0.15) is 11.1 Å². The highest BCUT2D eigenvalue weighted by atomic mass is 35.5. The monoisotopic (exact) mass is 301 g/mol. The molecule has 1 aliphatic rings. The van der Waals surface area contributed by atoms with Gasteiger partial charge in [0.2, 0.25) is 5.90 Å². The lowest BCUT2D eigenvalue weighted by Gasteiger charge is -1.99. The molecule has 0 atom stereocenters. The average molecular weight is 302 g/mol. The smallest absolute Gasteiger partial charge is 0.363 e. The predicted octanol–water partition coefficient (Wildman–Crippen LogP) is 3.82. The van der Waals surface area contributed by atoms with E-state index in [-0.39, 0.29) is 22.2 Å². The zero-order valence-corrected chi connectivity index (χ0v) is 11.5. The first kappa shape index (κ1) is 13.5. The van der Waals surface area contributed by atoms with Crippen molar-refractivity contribution in [2.45, 2.75) is 0 Å². The Labute approximate surface area is 125 Å². The number of cyclic esters (lactones) is 1. The van der Waals surface area contributed by atoms with Gasteiger partial charge in [-0.05, 0) is 30.3 Å². The second-order valence-electron chi connectivity index (χ2n) is 4.34. The highest BCUT2D eigenvalue weighted by molar-refractivity contribution is 6.32. The van der Waals surface area contributed by atoms with Crippen LogP contribution in [-0.2, 0) is 9.53 Å². The van der Waals surface area contributed by atoms with E-state index in [9.17, 15) is 9.18 Å². The third kappa shape index (κ3) is 2.71. The Bertz CT molecular complexity index is 749. The molecule has 1 aliphatic heterocycles. The standard InChI is InChI=1S/C16H9ClFNO2/c17-12-7-4-8-13(18)11(12)9-14-16(20)21-15(19-14)10-5-2-1-3-6-10/h1-9H/b14-9-. The van der Waals surface area contributed by atoms with Crippen LogP contribution in [0.5, 0.6) is 0 Å². The predicted molar refractivity (Wildman–Crippen MR) is 78.5 cm³/mol. The topological polar surface area (TPSA) is 38.7 Å². The minimum Gasteiger partial charge on any atom is -0.402 e. The Kier molecular flexibility index (Phi) is 3.54. The molecule has 0 bridgehead atoms. The minimum atomic E-state index is -0.631. The summed E-state index contributed by atoms with van der Waals surface area (Å²) in [7, 11) is 0. The van der Waals surface area contributed by atoms with Crippen LogP contribution >= 0.6 is 11.6 Å². The maximum Gasteiger partial charge on any atom is 0.363 e. The molecule has 2 aromatic carbocycles. The summed E-state index contributed by atoms with van der Waals surface area (Å²) >= 11 is 5.92. The molecule has 0 radical (unpaired) electrons. The van der Waals surface area contributed by atoms with Gasteiger partial charge in [0.25, 0.3) is 0 Å². The number of esters is 1. The van der Waals surface area contributed by atoms with Gasteiger partial charge < -0.3 is 4.74 Å². The number of halogens is 2. The van der Waals surface area contributed by atoms with Crippen molar-refractivity contribution in [1.82, 2.24) is 0 Å². The molecular weight excluding hydrogens is 293 g/mol. The number of benzene rings is 2. The molecule has 1 heterocycles. The summed E-state index contributed by atoms with van der Waals surface area (Å²) in [4.78, 5) is 15.9. The van der Waals surface area contributed by atoms with Crippen molar-refractivity contribution in [3.63, 3.8) is 0 Å². The summed E-state index contributed by atoms with van der Waals surface area (Å²) in [5, 5.41) is 0.207. The molecule has 3 rings (SSSR count). The Morgan fingerprint density at radius 3 is 2.57 bits per heavy atom. The summed E-state index contributed by atoms with van der Waals surface area (Å²) in [6, 6.07) is 13.3. The number of hydrogen-bond donors (Lipinski definition) is 0. The first-order chi connectivity index (χ1) is 10.1. The van der Waals surface area contributed by atoms with Crippen molar-refractivity contribution in [2.24, 2.45) is 4.99 Å². The molecule has 0 unspecified atom stereocenters. The van der Waals surface area contributed by atoms with Gasteiger partial charge in [-0.25, -0.2) is 14.2 Å². The number of rotatable bonds is 2. The fourth-order valence-electron chi connectivity index (χ4n) is 1.90. The fraction of sp³-hybridized carbons (Fsp3) is 0. The van der Waals surface area contributed by atoms with E-state index >= 15 is 0 Å². The lowest BCUT2D eigenvalue weighted by molar-refractivity contribution is -0.129. The summed E-state index contributed by atoms with van der Waals surface area (Å²) in [5.41, 5.74) is 0.805. The number of aliphatic imine (C=N–C) groups is 1. The first-order valence-corrected chi connectivity index (χ1v) is 6.55. The maximum absolute atomic E-state index is 13.7. The third-order valence-electron chi connectivity index (χ3n) is 2.92. The SMILES string of the molecule is O=C1OC(c2ccccc2)=N/C1=C\c1c(F)cccc1Cl. The quantitative estimate of drug-likeness (QED) is 0.625. The van der Waals surface area contributed by atoms with Crippen molar-refractivity contribution < 1.29 is 13.9 Å². The highest BCUT2D eigenvalue weighted by Gasteiger charge is 2.24. The van der Waals surface area contributed by atoms with Gasteiger partial charge >= 0.3 is 5.97 Å². The number of carbonyl (C=O) groups excluding carboxylic acids is 1. The van der Waals surface area contributed by atoms with Crippen molar-refractivity contribution >= 4 is 29.5 Å². The van der Waals surface area contributed by atoms with E-state index in [1.807, 2.05) is 6.07 Å². The van der Waals surface area contributed by atoms with Crippen LogP contribution in [0, 0.1) is 5.82 Å². The van der Waals surface area contributed by atoms with Crippen molar-refractivity contribution in [2.75, 3.05) is 0 Å². The molecule has 0 amide bonds. The van der Waals surface area contributed by atoms with Gasteiger partial charge in [0, 0.05) is 11.1 Å². The zero-order valence-electron chi connectivity index (χ0n) is 10.7. The van der Waals surface area contributed by atoms with Crippen molar-refractivity contribution in [1.29, 1.82) is 0 Å². The van der Waals surface area contributed by atoms with Crippen LogP contribution < -0.4 is 0 Å². The molecule has 0 saturated carbocycles. The molecule has 2 aromatic rings. The van der Waals surface area contributed by atoms with E-state index in [1.54, 1.807) is 30.3 Å². The van der Waals surface area contributed by atoms with E-state index in [0.717, 1.165) is 0 Å². The lowest BCUT2D eigenvalue weighted by atomic mass is 10.2. The Hall–Kier alpha value is -2.46. The second kappa shape index (κ2) is 5.50. The summed E-state index contributed by atoms with van der Waals surface area (Å²) in [6.45, 7) is 0. The van der Waals surface area contributed by atoms with Crippen molar-refractivity contribution in [3.05, 3.63) is 76.2 Å². The Morgan fingerprint density at radius 1 is 1.10 bits per heavy atom. The summed E-state index contributed by atoms with van der Waals surface area (Å²) in [6.07, 6.45) is 1.29. The van der Waals surface area contributed by atoms with Crippen LogP contribution in [-0.4, -0.2) is 11.9 Å². The number of carbonyl (C=O) groups is 1. The summed E-state index contributed by atoms with van der Waals surface area (Å²) < 4.78 is 18.8. The van der Waals surface area contributed by atoms with E-state index in [1.165, 1.54) is 18.2 Å². The molecule has 0 aliphatic carbocycles. The largest absolute Gasteiger partial charge is 0.402 e. The van der Waals surface area contributed by atoms with Gasteiger partial charge in [0.15, 0.2) is 5.70 Å². The maximum atomic E-state index is 13.7. The third-order valence-corrected chi connectivity index (χ3v) is 3.25. The number of hydrogen-bond acceptors (Lipinski definition) is 3. The van der Waals surface area contributed by atoms with Gasteiger partial charge in [-0.1, -0.05) is 35.9 Å². The van der Waals surface area contributed by atoms with E-state index in [2.05, 4.69) is 4.99 Å². The van der Waals surface area contributed by atoms with E-state index in [4.69, 9.17) is 16.3 Å². The average Bonchev–Trinajstić information content (AvgIpc) is 2.85. The molecule has 21 heavy (non-hydrogen) atoms. The van der Waals surface area contributed by atoms with Crippen molar-refractivity contribution in [3.8, 4) is 0 Å². The summed E-state index contributed by atoms with van der Waals surface area (Å²) in [5.74, 6) is -0.960. The molecule has 0 aromatic heterocycles. The highest BCUT2D eigenvalue weighted by Crippen LogP contribution is 2.25. The van der Waals surface area contributed by atoms with Crippen LogP contribution in [0.2, 0.25) is 5.02 Å². The van der Waals surface area contributed by atoms with Crippen LogP contribution in [0.4, 0.5) is 4.39 Å². The Morgan fingerprint density at radius 2 is 1.86 bits per heavy atom. The van der Waals surface area contributed by atoms with Gasteiger partial charge in [-0.2, -0.15) is 0 Å². The molecule has 0 spiro atoms. The molecule has 0 fully saturated rings. The molecule has 0 N–H and O–H groups in total. The number of ether oxygens (including phenoxy) is 1. The van der Waals surface area contributed by atoms with Crippen LogP contribution in [0.25, 0.3) is 6.08 Å². The fourth-order valence-corrected chi connectivity index (χ4v) is 2.12. The van der Waals surface area contributed by atoms with Crippen LogP contribution in [0.3, 0.4) is 0 Å². The van der Waals surface area contributed by atoms with Gasteiger partial charge in [0.05, 0.1) is 5.02 Å². The van der Waals surface area contributed by atoms with E-state index < -0.39 is 11.8 Å². The second-order valence-corrected chi connectivity index (χ2v) is 4.74. The molecule has 5 heteroatoms. The molecule has 104 valence electrons. The van der Waals surface area contributed by atoms with Gasteiger partial charge in [-0.3, -0.25) is 0 Å². The normalized spacial score (nSPS) is 16.0. The van der Waals surface area contributed by atoms with Gasteiger partial charge in [0.1, 0.15) is 5.82 Å². The van der Waals surface area contributed by atoms with E-state index in [0.29, 0.717) is 5.56 Å². The Balaban J connectivity index is 2.01. The molecule has 0 saturated heterocycles. The zero-order chi connectivity index (χ0) is 14.8.